The number of carbonyl (C=O) groups is 1. The monoisotopic (exact) mass is 500 g/mol. The van der Waals surface area contributed by atoms with Crippen LogP contribution in [0.1, 0.15) is 96.8 Å². The van der Waals surface area contributed by atoms with Gasteiger partial charge in [0.25, 0.3) is 0 Å². The highest BCUT2D eigenvalue weighted by molar-refractivity contribution is 5.89. The molecule has 0 saturated heterocycles. The summed E-state index contributed by atoms with van der Waals surface area (Å²) in [5.41, 5.74) is 4.54. The van der Waals surface area contributed by atoms with Crippen LogP contribution in [0.3, 0.4) is 0 Å². The summed E-state index contributed by atoms with van der Waals surface area (Å²) in [5.74, 6) is 3.97. The van der Waals surface area contributed by atoms with E-state index in [1.54, 1.807) is 5.57 Å². The maximum absolute atomic E-state index is 12.7. The van der Waals surface area contributed by atoms with Crippen LogP contribution in [-0.4, -0.2) is 12.1 Å². The Morgan fingerprint density at radius 2 is 1.68 bits per heavy atom. The van der Waals surface area contributed by atoms with E-state index in [1.165, 1.54) is 31.3 Å². The smallest absolute Gasteiger partial charge is 0.338 e. The summed E-state index contributed by atoms with van der Waals surface area (Å²) in [5, 5.41) is 0. The Morgan fingerprint density at radius 3 is 2.41 bits per heavy atom. The zero-order valence-corrected chi connectivity index (χ0v) is 24.0. The van der Waals surface area contributed by atoms with Crippen molar-refractivity contribution >= 4 is 5.97 Å². The molecule has 37 heavy (non-hydrogen) atoms. The van der Waals surface area contributed by atoms with E-state index in [2.05, 4.69) is 65.8 Å². The van der Waals surface area contributed by atoms with Crippen LogP contribution in [0.4, 0.5) is 0 Å². The first-order chi connectivity index (χ1) is 17.6. The Hall–Kier alpha value is -2.09. The van der Waals surface area contributed by atoms with E-state index in [9.17, 15) is 4.79 Å². The molecule has 0 spiro atoms. The third kappa shape index (κ3) is 4.79. The van der Waals surface area contributed by atoms with Gasteiger partial charge in [0.2, 0.25) is 0 Å². The second-order valence-electron chi connectivity index (χ2n) is 13.6. The van der Waals surface area contributed by atoms with E-state index < -0.39 is 0 Å². The summed E-state index contributed by atoms with van der Waals surface area (Å²) < 4.78 is 5.98. The molecular formula is C35H48O2. The molecule has 0 unspecified atom stereocenters. The van der Waals surface area contributed by atoms with Crippen molar-refractivity contribution in [2.24, 2.45) is 46.3 Å². The summed E-state index contributed by atoms with van der Waals surface area (Å²) in [4.78, 5) is 12.7. The van der Waals surface area contributed by atoms with Gasteiger partial charge in [-0.15, -0.1) is 0 Å². The molecule has 0 aliphatic heterocycles. The molecule has 8 atom stereocenters. The van der Waals surface area contributed by atoms with E-state index in [-0.39, 0.29) is 17.5 Å². The summed E-state index contributed by atoms with van der Waals surface area (Å²) >= 11 is 0. The van der Waals surface area contributed by atoms with Gasteiger partial charge in [-0.1, -0.05) is 95.2 Å². The SMILES string of the molecule is CC(C)[C@H](C)/C=C/[C@H](C)[C@@H]1CC[C@@H]2C3=CC=C4C[C@H](OC(=O)c5ccccc5)CC[C@]4(C)[C@H]3CC[C@]21C. The van der Waals surface area contributed by atoms with Gasteiger partial charge in [0.1, 0.15) is 6.10 Å². The Kier molecular flexibility index (Phi) is 7.33. The van der Waals surface area contributed by atoms with Crippen LogP contribution < -0.4 is 0 Å². The van der Waals surface area contributed by atoms with E-state index in [4.69, 9.17) is 4.74 Å². The minimum Gasteiger partial charge on any atom is -0.458 e. The van der Waals surface area contributed by atoms with E-state index >= 15 is 0 Å². The van der Waals surface area contributed by atoms with Crippen molar-refractivity contribution < 1.29 is 9.53 Å². The van der Waals surface area contributed by atoms with Crippen molar-refractivity contribution in [2.75, 3.05) is 0 Å². The van der Waals surface area contributed by atoms with E-state index in [1.807, 2.05) is 30.3 Å². The fourth-order valence-electron chi connectivity index (χ4n) is 8.47. The Labute approximate surface area is 225 Å². The van der Waals surface area contributed by atoms with Crippen molar-refractivity contribution in [3.05, 3.63) is 71.3 Å². The highest BCUT2D eigenvalue weighted by atomic mass is 16.5. The molecular weight excluding hydrogens is 452 g/mol. The summed E-state index contributed by atoms with van der Waals surface area (Å²) in [6, 6.07) is 9.43. The maximum Gasteiger partial charge on any atom is 0.338 e. The first-order valence-electron chi connectivity index (χ1n) is 15.0. The predicted octanol–water partition coefficient (Wildman–Crippen LogP) is 9.20. The van der Waals surface area contributed by atoms with Gasteiger partial charge in [-0.2, -0.15) is 0 Å². The standard InChI is InChI=1S/C35H48O2/c1-23(2)24(3)12-13-25(4)30-16-17-31-29-15-14-27-22-28(37-33(36)26-10-8-7-9-11-26)18-20-34(27,5)32(29)19-21-35(30,31)6/h7-15,23-25,28,30-32H,16-22H2,1-6H3/b13-12+/t24-,25+,28-,30+,31-,32+,34+,35+/m1/s1. The van der Waals surface area contributed by atoms with Gasteiger partial charge in [-0.05, 0) is 97.0 Å². The minimum absolute atomic E-state index is 0.00688. The van der Waals surface area contributed by atoms with Crippen molar-refractivity contribution in [1.82, 2.24) is 0 Å². The fraction of sp³-hybridized carbons (Fsp3) is 0.629. The molecule has 0 N–H and O–H groups in total. The van der Waals surface area contributed by atoms with E-state index in [0.29, 0.717) is 34.7 Å². The Balaban J connectivity index is 1.31. The van der Waals surface area contributed by atoms with Gasteiger partial charge in [0, 0.05) is 6.42 Å². The maximum atomic E-state index is 12.7. The van der Waals surface area contributed by atoms with Crippen LogP contribution >= 0.6 is 0 Å². The average molecular weight is 501 g/mol. The first-order valence-corrected chi connectivity index (χ1v) is 15.0. The highest BCUT2D eigenvalue weighted by Gasteiger charge is 2.57. The number of rotatable bonds is 6. The Bertz CT molecular complexity index is 1080. The van der Waals surface area contributed by atoms with Crippen molar-refractivity contribution in [1.29, 1.82) is 0 Å². The van der Waals surface area contributed by atoms with Crippen molar-refractivity contribution in [3.8, 4) is 0 Å². The lowest BCUT2D eigenvalue weighted by Gasteiger charge is -2.55. The number of carbonyl (C=O) groups excluding carboxylic acids is 1. The largest absolute Gasteiger partial charge is 0.458 e. The van der Waals surface area contributed by atoms with Gasteiger partial charge in [0.05, 0.1) is 5.56 Å². The number of benzene rings is 1. The second-order valence-corrected chi connectivity index (χ2v) is 13.6. The van der Waals surface area contributed by atoms with Gasteiger partial charge in [-0.3, -0.25) is 0 Å². The molecule has 4 aliphatic rings. The molecule has 1 aromatic rings. The van der Waals surface area contributed by atoms with Crippen LogP contribution in [0.2, 0.25) is 0 Å². The van der Waals surface area contributed by atoms with Gasteiger partial charge in [-0.25, -0.2) is 4.79 Å². The zero-order valence-electron chi connectivity index (χ0n) is 24.0. The zero-order chi connectivity index (χ0) is 26.4. The molecule has 0 radical (unpaired) electrons. The number of fused-ring (bicyclic) bond motifs is 5. The molecule has 4 aliphatic carbocycles. The fourth-order valence-corrected chi connectivity index (χ4v) is 8.47. The summed E-state index contributed by atoms with van der Waals surface area (Å²) in [6.45, 7) is 14.6. The van der Waals surface area contributed by atoms with Gasteiger partial charge >= 0.3 is 5.97 Å². The van der Waals surface area contributed by atoms with Crippen LogP contribution in [0.25, 0.3) is 0 Å². The van der Waals surface area contributed by atoms with Gasteiger partial charge in [0.15, 0.2) is 0 Å². The molecule has 0 bridgehead atoms. The summed E-state index contributed by atoms with van der Waals surface area (Å²) in [6.07, 6.45) is 18.3. The number of hydrogen-bond acceptors (Lipinski definition) is 2. The molecule has 2 nitrogen and oxygen atoms in total. The lowest BCUT2D eigenvalue weighted by molar-refractivity contribution is 0.00691. The molecule has 0 amide bonds. The average Bonchev–Trinajstić information content (AvgIpc) is 3.25. The first kappa shape index (κ1) is 26.5. The van der Waals surface area contributed by atoms with Crippen LogP contribution in [-0.2, 0) is 4.74 Å². The molecule has 200 valence electrons. The topological polar surface area (TPSA) is 26.3 Å². The van der Waals surface area contributed by atoms with Crippen LogP contribution in [0.15, 0.2) is 65.8 Å². The number of ether oxygens (including phenoxy) is 1. The minimum atomic E-state index is -0.182. The third-order valence-electron chi connectivity index (χ3n) is 11.3. The molecule has 3 fully saturated rings. The molecule has 5 rings (SSSR count). The molecule has 1 aromatic carbocycles. The second kappa shape index (κ2) is 10.2. The van der Waals surface area contributed by atoms with E-state index in [0.717, 1.165) is 31.1 Å². The van der Waals surface area contributed by atoms with Crippen LogP contribution in [0, 0.1) is 46.3 Å². The van der Waals surface area contributed by atoms with Gasteiger partial charge < -0.3 is 4.74 Å². The normalized spacial score (nSPS) is 36.7. The predicted molar refractivity (Wildman–Crippen MR) is 153 cm³/mol. The third-order valence-corrected chi connectivity index (χ3v) is 11.3. The van der Waals surface area contributed by atoms with Crippen molar-refractivity contribution in [2.45, 2.75) is 92.6 Å². The van der Waals surface area contributed by atoms with Crippen molar-refractivity contribution in [3.63, 3.8) is 0 Å². The Morgan fingerprint density at radius 1 is 0.919 bits per heavy atom. The summed E-state index contributed by atoms with van der Waals surface area (Å²) in [7, 11) is 0. The molecule has 0 heterocycles. The molecule has 3 saturated carbocycles. The lowest BCUT2D eigenvalue weighted by Crippen LogP contribution is -2.46. The molecule has 2 heteroatoms. The number of allylic oxidation sites excluding steroid dienone is 5. The van der Waals surface area contributed by atoms with Crippen LogP contribution in [0.5, 0.6) is 0 Å². The lowest BCUT2D eigenvalue weighted by atomic mass is 9.50. The number of esters is 1. The highest BCUT2D eigenvalue weighted by Crippen LogP contribution is 2.66. The molecule has 0 aromatic heterocycles. The quantitative estimate of drug-likeness (QED) is 0.287. The number of hydrogen-bond donors (Lipinski definition) is 0.